The molecule has 9 heteroatoms. The van der Waals surface area contributed by atoms with Crippen molar-refractivity contribution in [3.63, 3.8) is 0 Å². The molecule has 1 aliphatic rings. The molecular weight excluding hydrogens is 370 g/mol. The van der Waals surface area contributed by atoms with Gasteiger partial charge in [0.05, 0.1) is 27.8 Å². The van der Waals surface area contributed by atoms with Crippen LogP contribution >= 0.6 is 23.4 Å². The third-order valence-corrected chi connectivity index (χ3v) is 7.18. The van der Waals surface area contributed by atoms with Gasteiger partial charge in [-0.1, -0.05) is 23.4 Å². The van der Waals surface area contributed by atoms with Gasteiger partial charge in [-0.2, -0.15) is 0 Å². The van der Waals surface area contributed by atoms with Gasteiger partial charge in [-0.25, -0.2) is 13.4 Å². The Morgan fingerprint density at radius 2 is 2.25 bits per heavy atom. The van der Waals surface area contributed by atoms with E-state index in [1.54, 1.807) is 19.1 Å². The normalized spacial score (nSPS) is 21.0. The molecule has 0 unspecified atom stereocenters. The topological polar surface area (TPSA) is 81.1 Å². The lowest BCUT2D eigenvalue weighted by atomic mass is 10.2. The molecule has 2 heterocycles. The fraction of sp³-hybridized carbons (Fsp3) is 0.467. The van der Waals surface area contributed by atoms with Crippen molar-refractivity contribution < 1.29 is 13.2 Å². The number of sulfone groups is 1. The van der Waals surface area contributed by atoms with Crippen LogP contribution in [0.3, 0.4) is 0 Å². The predicted octanol–water partition coefficient (Wildman–Crippen LogP) is 2.01. The van der Waals surface area contributed by atoms with Crippen LogP contribution < -0.4 is 5.32 Å². The number of amides is 1. The van der Waals surface area contributed by atoms with Crippen molar-refractivity contribution in [3.8, 4) is 0 Å². The van der Waals surface area contributed by atoms with E-state index in [-0.39, 0.29) is 28.7 Å². The first kappa shape index (κ1) is 17.6. The molecule has 1 aromatic heterocycles. The number of nitrogens with one attached hydrogen (secondary N) is 1. The van der Waals surface area contributed by atoms with E-state index in [4.69, 9.17) is 11.6 Å². The monoisotopic (exact) mass is 387 g/mol. The van der Waals surface area contributed by atoms with Gasteiger partial charge in [-0.05, 0) is 31.5 Å². The minimum absolute atomic E-state index is 0.0287. The smallest absolute Gasteiger partial charge is 0.233 e. The van der Waals surface area contributed by atoms with Crippen molar-refractivity contribution in [2.75, 3.05) is 11.5 Å². The number of carbonyl (C=O) groups is 1. The number of carbonyl (C=O) groups excluding carboxylic acids is 1. The third-order valence-electron chi connectivity index (χ3n) is 4.03. The van der Waals surface area contributed by atoms with Crippen LogP contribution in [0.2, 0.25) is 5.02 Å². The Labute approximate surface area is 149 Å². The quantitative estimate of drug-likeness (QED) is 0.811. The van der Waals surface area contributed by atoms with Crippen molar-refractivity contribution in [2.45, 2.75) is 29.8 Å². The molecular formula is C15H18ClN3O3S2. The lowest BCUT2D eigenvalue weighted by molar-refractivity contribution is -0.120. The van der Waals surface area contributed by atoms with Gasteiger partial charge in [-0.15, -0.1) is 0 Å². The number of rotatable bonds is 4. The molecule has 24 heavy (non-hydrogen) atoms. The molecule has 1 N–H and O–H groups in total. The van der Waals surface area contributed by atoms with Crippen LogP contribution in [0.25, 0.3) is 11.0 Å². The van der Waals surface area contributed by atoms with Gasteiger partial charge in [0.15, 0.2) is 15.0 Å². The molecule has 1 aromatic carbocycles. The molecule has 0 bridgehead atoms. The van der Waals surface area contributed by atoms with Crippen molar-refractivity contribution in [1.82, 2.24) is 14.9 Å². The molecule has 0 radical (unpaired) electrons. The molecule has 3 rings (SSSR count). The summed E-state index contributed by atoms with van der Waals surface area (Å²) in [6.45, 7) is 1.79. The lowest BCUT2D eigenvalue weighted by Crippen LogP contribution is -2.40. The van der Waals surface area contributed by atoms with Gasteiger partial charge in [-0.3, -0.25) is 4.79 Å². The van der Waals surface area contributed by atoms with Crippen molar-refractivity contribution in [3.05, 3.63) is 23.2 Å². The van der Waals surface area contributed by atoms with Crippen molar-refractivity contribution in [2.24, 2.45) is 7.05 Å². The molecule has 0 saturated carbocycles. The van der Waals surface area contributed by atoms with Crippen LogP contribution in [0.4, 0.5) is 0 Å². The highest BCUT2D eigenvalue weighted by atomic mass is 35.5. The second kappa shape index (κ2) is 6.57. The summed E-state index contributed by atoms with van der Waals surface area (Å²) in [5.74, 6) is -0.00138. The van der Waals surface area contributed by atoms with Gasteiger partial charge in [0.25, 0.3) is 0 Å². The van der Waals surface area contributed by atoms with Gasteiger partial charge in [0, 0.05) is 18.1 Å². The second-order valence-corrected chi connectivity index (χ2v) is 9.93. The maximum Gasteiger partial charge on any atom is 0.233 e. The van der Waals surface area contributed by atoms with E-state index in [2.05, 4.69) is 10.3 Å². The summed E-state index contributed by atoms with van der Waals surface area (Å²) >= 11 is 7.33. The summed E-state index contributed by atoms with van der Waals surface area (Å²) < 4.78 is 24.9. The number of nitrogens with zero attached hydrogens (tertiary/aromatic N) is 2. The van der Waals surface area contributed by atoms with E-state index >= 15 is 0 Å². The molecule has 1 amide bonds. The number of benzene rings is 1. The molecule has 1 aliphatic heterocycles. The number of hydrogen-bond donors (Lipinski definition) is 1. The second-order valence-electron chi connectivity index (χ2n) is 5.96. The Kier molecular flexibility index (Phi) is 4.81. The fourth-order valence-electron chi connectivity index (χ4n) is 2.70. The standard InChI is InChI=1S/C15H18ClN3O3S2/c1-9(14(20)17-11-5-6-24(21,22)8-11)23-15-18-12-7-10(16)3-4-13(12)19(15)2/h3-4,7,9,11H,5-6,8H2,1-2H3,(H,17,20)/t9-,11+/m0/s1. The number of hydrogen-bond acceptors (Lipinski definition) is 5. The molecule has 0 spiro atoms. The third kappa shape index (κ3) is 3.70. The largest absolute Gasteiger partial charge is 0.351 e. The fourth-order valence-corrected chi connectivity index (χ4v) is 5.43. The Hall–Kier alpha value is -1.25. The Bertz CT molecular complexity index is 895. The van der Waals surface area contributed by atoms with Crippen LogP contribution in [0, 0.1) is 0 Å². The summed E-state index contributed by atoms with van der Waals surface area (Å²) in [5, 5.41) is 3.78. The zero-order chi connectivity index (χ0) is 17.5. The maximum atomic E-state index is 12.3. The van der Waals surface area contributed by atoms with Gasteiger partial charge in [0.2, 0.25) is 5.91 Å². The number of thioether (sulfide) groups is 1. The first-order valence-electron chi connectivity index (χ1n) is 7.54. The van der Waals surface area contributed by atoms with Crippen molar-refractivity contribution in [1.29, 1.82) is 0 Å². The van der Waals surface area contributed by atoms with Crippen LogP contribution in [0.15, 0.2) is 23.4 Å². The average molecular weight is 388 g/mol. The van der Waals surface area contributed by atoms with E-state index in [9.17, 15) is 13.2 Å². The molecule has 2 aromatic rings. The highest BCUT2D eigenvalue weighted by molar-refractivity contribution is 8.00. The van der Waals surface area contributed by atoms with Crippen LogP contribution in [-0.2, 0) is 21.7 Å². The summed E-state index contributed by atoms with van der Waals surface area (Å²) in [6, 6.07) is 5.19. The molecule has 130 valence electrons. The summed E-state index contributed by atoms with van der Waals surface area (Å²) in [6.07, 6.45) is 0.482. The Morgan fingerprint density at radius 1 is 1.50 bits per heavy atom. The highest BCUT2D eigenvalue weighted by Gasteiger charge is 2.30. The number of halogens is 1. The summed E-state index contributed by atoms with van der Waals surface area (Å²) in [7, 11) is -1.12. The minimum atomic E-state index is -3.00. The van der Waals surface area contributed by atoms with E-state index in [0.29, 0.717) is 16.6 Å². The highest BCUT2D eigenvalue weighted by Crippen LogP contribution is 2.28. The maximum absolute atomic E-state index is 12.3. The van der Waals surface area contributed by atoms with E-state index < -0.39 is 9.84 Å². The van der Waals surface area contributed by atoms with Crippen LogP contribution in [0.1, 0.15) is 13.3 Å². The zero-order valence-electron chi connectivity index (χ0n) is 13.3. The van der Waals surface area contributed by atoms with Gasteiger partial charge >= 0.3 is 0 Å². The first-order chi connectivity index (χ1) is 11.2. The Balaban J connectivity index is 1.69. The number of fused-ring (bicyclic) bond motifs is 1. The number of aromatic nitrogens is 2. The Morgan fingerprint density at radius 3 is 2.92 bits per heavy atom. The predicted molar refractivity (Wildman–Crippen MR) is 96.2 cm³/mol. The van der Waals surface area contributed by atoms with Crippen LogP contribution in [0.5, 0.6) is 0 Å². The van der Waals surface area contributed by atoms with Crippen LogP contribution in [-0.4, -0.2) is 46.7 Å². The number of imidazole rings is 1. The average Bonchev–Trinajstić information content (AvgIpc) is 2.99. The molecule has 0 aliphatic carbocycles. The SMILES string of the molecule is C[C@H](Sc1nc2cc(Cl)ccc2n1C)C(=O)N[C@@H]1CCS(=O)(=O)C1. The zero-order valence-corrected chi connectivity index (χ0v) is 15.7. The molecule has 1 fully saturated rings. The number of aryl methyl sites for hydroxylation is 1. The minimum Gasteiger partial charge on any atom is -0.351 e. The summed E-state index contributed by atoms with van der Waals surface area (Å²) in [5.41, 5.74) is 1.72. The lowest BCUT2D eigenvalue weighted by Gasteiger charge is -2.15. The first-order valence-corrected chi connectivity index (χ1v) is 10.6. The summed E-state index contributed by atoms with van der Waals surface area (Å²) in [4.78, 5) is 16.8. The van der Waals surface area contributed by atoms with Gasteiger partial charge < -0.3 is 9.88 Å². The van der Waals surface area contributed by atoms with E-state index in [1.807, 2.05) is 17.7 Å². The molecule has 1 saturated heterocycles. The van der Waals surface area contributed by atoms with E-state index in [1.165, 1.54) is 11.8 Å². The molecule has 6 nitrogen and oxygen atoms in total. The van der Waals surface area contributed by atoms with E-state index in [0.717, 1.165) is 11.0 Å². The van der Waals surface area contributed by atoms with Crippen molar-refractivity contribution >= 4 is 50.1 Å². The van der Waals surface area contributed by atoms with Gasteiger partial charge in [0.1, 0.15) is 0 Å². The molecule has 2 atom stereocenters.